The minimum atomic E-state index is 0.315. The van der Waals surface area contributed by atoms with Crippen molar-refractivity contribution in [3.8, 4) is 0 Å². The van der Waals surface area contributed by atoms with Crippen molar-refractivity contribution >= 4 is 11.6 Å². The monoisotopic (exact) mass is 223 g/mol. The van der Waals surface area contributed by atoms with Crippen LogP contribution in [0, 0.1) is 5.92 Å². The summed E-state index contributed by atoms with van der Waals surface area (Å²) in [5.74, 6) is 0.746. The lowest BCUT2D eigenvalue weighted by atomic mass is 9.81. The van der Waals surface area contributed by atoms with Gasteiger partial charge in [0.05, 0.1) is 0 Å². The van der Waals surface area contributed by atoms with Crippen molar-refractivity contribution in [1.82, 2.24) is 0 Å². The van der Waals surface area contributed by atoms with Gasteiger partial charge in [-0.25, -0.2) is 0 Å². The Labute approximate surface area is 96.6 Å². The third-order valence-electron chi connectivity index (χ3n) is 3.23. The van der Waals surface area contributed by atoms with Crippen LogP contribution in [0.3, 0.4) is 0 Å². The lowest BCUT2D eigenvalue weighted by molar-refractivity contribution is 0.398. The number of nitrogens with two attached hydrogens (primary N) is 1. The van der Waals surface area contributed by atoms with E-state index in [0.29, 0.717) is 6.04 Å². The first kappa shape index (κ1) is 11.0. The second-order valence-electron chi connectivity index (χ2n) is 4.70. The number of rotatable bonds is 2. The molecule has 15 heavy (non-hydrogen) atoms. The topological polar surface area (TPSA) is 26.0 Å². The van der Waals surface area contributed by atoms with E-state index >= 15 is 0 Å². The highest BCUT2D eigenvalue weighted by atomic mass is 35.5. The van der Waals surface area contributed by atoms with Crippen LogP contribution in [-0.2, 0) is 12.8 Å². The van der Waals surface area contributed by atoms with Crippen molar-refractivity contribution < 1.29 is 0 Å². The van der Waals surface area contributed by atoms with E-state index in [9.17, 15) is 0 Å². The number of fused-ring (bicyclic) bond motifs is 1. The first-order chi connectivity index (χ1) is 7.16. The molecule has 2 atom stereocenters. The second-order valence-corrected chi connectivity index (χ2v) is 5.11. The number of hydrogen-bond donors (Lipinski definition) is 1. The summed E-state index contributed by atoms with van der Waals surface area (Å²) in [5, 5.41) is 0.937. The molecule has 0 saturated heterocycles. The summed E-state index contributed by atoms with van der Waals surface area (Å²) in [7, 11) is 0. The van der Waals surface area contributed by atoms with Crippen molar-refractivity contribution in [3.63, 3.8) is 0 Å². The minimum absolute atomic E-state index is 0.315. The molecule has 0 heterocycles. The van der Waals surface area contributed by atoms with Crippen molar-refractivity contribution in [2.45, 2.75) is 38.6 Å². The van der Waals surface area contributed by atoms with Crippen molar-refractivity contribution in [2.24, 2.45) is 11.7 Å². The molecular weight excluding hydrogens is 206 g/mol. The first-order valence-corrected chi connectivity index (χ1v) is 6.06. The molecule has 1 aromatic carbocycles. The summed E-state index contributed by atoms with van der Waals surface area (Å²) in [4.78, 5) is 0. The molecule has 1 nitrogen and oxygen atoms in total. The number of halogens is 1. The van der Waals surface area contributed by atoms with E-state index < -0.39 is 0 Å². The Bertz CT molecular complexity index is 346. The highest BCUT2D eigenvalue weighted by Gasteiger charge is 2.20. The minimum Gasteiger partial charge on any atom is -0.328 e. The number of hydrogen-bond acceptors (Lipinski definition) is 1. The van der Waals surface area contributed by atoms with Gasteiger partial charge in [-0.2, -0.15) is 0 Å². The normalized spacial score (nSPS) is 22.2. The molecule has 0 aliphatic heterocycles. The molecular formula is C13H18ClN. The highest BCUT2D eigenvalue weighted by molar-refractivity contribution is 6.31. The predicted octanol–water partition coefficient (Wildman–Crippen LogP) is 3.18. The Morgan fingerprint density at radius 1 is 1.53 bits per heavy atom. The number of benzene rings is 1. The van der Waals surface area contributed by atoms with E-state index in [1.807, 2.05) is 6.07 Å². The maximum Gasteiger partial charge on any atom is 0.0440 e. The van der Waals surface area contributed by atoms with Crippen molar-refractivity contribution in [3.05, 3.63) is 34.3 Å². The molecule has 1 aliphatic carbocycles. The van der Waals surface area contributed by atoms with Crippen molar-refractivity contribution in [1.29, 1.82) is 0 Å². The van der Waals surface area contributed by atoms with Crippen LogP contribution in [0.2, 0.25) is 5.02 Å². The van der Waals surface area contributed by atoms with Crippen LogP contribution in [0.15, 0.2) is 18.2 Å². The average Bonchev–Trinajstić information content (AvgIpc) is 2.17. The molecule has 2 heteroatoms. The quantitative estimate of drug-likeness (QED) is 0.819. The summed E-state index contributed by atoms with van der Waals surface area (Å²) >= 11 is 6.17. The van der Waals surface area contributed by atoms with Crippen LogP contribution in [0.5, 0.6) is 0 Å². The Kier molecular flexibility index (Phi) is 3.32. The molecule has 0 fully saturated rings. The van der Waals surface area contributed by atoms with Gasteiger partial charge in [-0.15, -0.1) is 0 Å². The van der Waals surface area contributed by atoms with E-state index in [1.165, 1.54) is 17.5 Å². The second kappa shape index (κ2) is 4.54. The van der Waals surface area contributed by atoms with E-state index in [4.69, 9.17) is 17.3 Å². The molecule has 82 valence electrons. The van der Waals surface area contributed by atoms with Gasteiger partial charge in [-0.05, 0) is 55.7 Å². The van der Waals surface area contributed by atoms with E-state index in [-0.39, 0.29) is 0 Å². The van der Waals surface area contributed by atoms with Crippen LogP contribution < -0.4 is 5.73 Å². The van der Waals surface area contributed by atoms with E-state index in [0.717, 1.165) is 30.2 Å². The molecule has 0 spiro atoms. The van der Waals surface area contributed by atoms with Gasteiger partial charge in [0.15, 0.2) is 0 Å². The van der Waals surface area contributed by atoms with Crippen LogP contribution >= 0.6 is 11.6 Å². The summed E-state index contributed by atoms with van der Waals surface area (Å²) in [5.41, 5.74) is 8.64. The summed E-state index contributed by atoms with van der Waals surface area (Å²) in [6.45, 7) is 2.09. The van der Waals surface area contributed by atoms with Crippen LogP contribution in [0.25, 0.3) is 0 Å². The van der Waals surface area contributed by atoms with Gasteiger partial charge in [-0.1, -0.05) is 23.7 Å². The zero-order valence-corrected chi connectivity index (χ0v) is 9.93. The maximum absolute atomic E-state index is 6.17. The fraction of sp³-hybridized carbons (Fsp3) is 0.538. The third-order valence-corrected chi connectivity index (χ3v) is 3.59. The zero-order chi connectivity index (χ0) is 10.8. The maximum atomic E-state index is 6.17. The van der Waals surface area contributed by atoms with Gasteiger partial charge < -0.3 is 5.73 Å². The molecule has 1 aliphatic rings. The fourth-order valence-electron chi connectivity index (χ4n) is 2.56. The first-order valence-electron chi connectivity index (χ1n) is 5.68. The van der Waals surface area contributed by atoms with Gasteiger partial charge in [0.1, 0.15) is 0 Å². The fourth-order valence-corrected chi connectivity index (χ4v) is 2.85. The smallest absolute Gasteiger partial charge is 0.0440 e. The lowest BCUT2D eigenvalue weighted by Crippen LogP contribution is -2.23. The molecule has 0 aromatic heterocycles. The van der Waals surface area contributed by atoms with Crippen LogP contribution in [0.4, 0.5) is 0 Å². The van der Waals surface area contributed by atoms with Gasteiger partial charge >= 0.3 is 0 Å². The molecule has 2 rings (SSSR count). The van der Waals surface area contributed by atoms with Crippen LogP contribution in [-0.4, -0.2) is 6.04 Å². The largest absolute Gasteiger partial charge is 0.328 e. The Morgan fingerprint density at radius 2 is 2.33 bits per heavy atom. The SMILES string of the molecule is CC(N)CC1CCc2c(Cl)cccc2C1. The Balaban J connectivity index is 2.13. The molecule has 2 N–H and O–H groups in total. The van der Waals surface area contributed by atoms with Gasteiger partial charge in [-0.3, -0.25) is 0 Å². The van der Waals surface area contributed by atoms with Gasteiger partial charge in [0, 0.05) is 11.1 Å². The van der Waals surface area contributed by atoms with Crippen LogP contribution in [0.1, 0.15) is 30.9 Å². The Morgan fingerprint density at radius 3 is 3.07 bits per heavy atom. The van der Waals surface area contributed by atoms with Gasteiger partial charge in [0.2, 0.25) is 0 Å². The molecule has 0 amide bonds. The molecule has 2 unspecified atom stereocenters. The molecule has 0 bridgehead atoms. The highest BCUT2D eigenvalue weighted by Crippen LogP contribution is 2.32. The summed E-state index contributed by atoms with van der Waals surface area (Å²) in [6.07, 6.45) is 4.63. The van der Waals surface area contributed by atoms with E-state index in [2.05, 4.69) is 19.1 Å². The van der Waals surface area contributed by atoms with E-state index in [1.54, 1.807) is 0 Å². The van der Waals surface area contributed by atoms with Crippen molar-refractivity contribution in [2.75, 3.05) is 0 Å². The standard InChI is InChI=1S/C13H18ClN/c1-9(15)7-10-5-6-12-11(8-10)3-2-4-13(12)14/h2-4,9-10H,5-8,15H2,1H3. The van der Waals surface area contributed by atoms with Gasteiger partial charge in [0.25, 0.3) is 0 Å². The third kappa shape index (κ3) is 2.53. The Hall–Kier alpha value is -0.530. The lowest BCUT2D eigenvalue weighted by Gasteiger charge is -2.26. The molecule has 0 radical (unpaired) electrons. The summed E-state index contributed by atoms with van der Waals surface area (Å²) in [6, 6.07) is 6.56. The predicted molar refractivity (Wildman–Crippen MR) is 65.2 cm³/mol. The average molecular weight is 224 g/mol. The molecule has 0 saturated carbocycles. The molecule has 1 aromatic rings. The summed E-state index contributed by atoms with van der Waals surface area (Å²) < 4.78 is 0. The zero-order valence-electron chi connectivity index (χ0n) is 9.17.